The Morgan fingerprint density at radius 1 is 1.50 bits per heavy atom. The second-order valence-electron chi connectivity index (χ2n) is 2.87. The fourth-order valence-electron chi connectivity index (χ4n) is 1.29. The molecule has 1 aliphatic rings. The molecule has 4 nitrogen and oxygen atoms in total. The maximum absolute atomic E-state index is 5.24. The lowest BCUT2D eigenvalue weighted by molar-refractivity contribution is 0.122. The van der Waals surface area contributed by atoms with Crippen molar-refractivity contribution < 1.29 is 4.74 Å². The number of anilines is 1. The first-order chi connectivity index (χ1) is 5.86. The number of morpholine rings is 1. The normalized spacial score (nSPS) is 18.2. The Labute approximate surface area is 71.7 Å². The van der Waals surface area contributed by atoms with Crippen LogP contribution in [-0.2, 0) is 11.8 Å². The van der Waals surface area contributed by atoms with E-state index in [1.54, 1.807) is 4.68 Å². The summed E-state index contributed by atoms with van der Waals surface area (Å²) in [5.41, 5.74) is 0. The summed E-state index contributed by atoms with van der Waals surface area (Å²) in [6.45, 7) is 3.44. The highest BCUT2D eigenvalue weighted by Crippen LogP contribution is 2.10. The van der Waals surface area contributed by atoms with Crippen molar-refractivity contribution in [3.63, 3.8) is 0 Å². The van der Waals surface area contributed by atoms with Gasteiger partial charge in [-0.1, -0.05) is 0 Å². The summed E-state index contributed by atoms with van der Waals surface area (Å²) in [5.74, 6) is 0.931. The van der Waals surface area contributed by atoms with Crippen molar-refractivity contribution in [1.82, 2.24) is 9.78 Å². The van der Waals surface area contributed by atoms with Gasteiger partial charge in [-0.25, -0.2) is 0 Å². The number of aryl methyl sites for hydroxylation is 1. The van der Waals surface area contributed by atoms with Crippen molar-refractivity contribution in [2.75, 3.05) is 31.2 Å². The molecule has 12 heavy (non-hydrogen) atoms. The largest absolute Gasteiger partial charge is 0.378 e. The summed E-state index contributed by atoms with van der Waals surface area (Å²) in [6, 6.07) is 3.10. The SMILES string of the molecule is Cn1c[c]c(N2CCOCC2)n1. The van der Waals surface area contributed by atoms with E-state index in [2.05, 4.69) is 16.1 Å². The highest BCUT2D eigenvalue weighted by Gasteiger charge is 2.12. The Bertz CT molecular complexity index is 253. The van der Waals surface area contributed by atoms with E-state index in [0.717, 1.165) is 32.1 Å². The maximum Gasteiger partial charge on any atom is 0.158 e. The lowest BCUT2D eigenvalue weighted by Gasteiger charge is -2.26. The molecule has 0 aromatic carbocycles. The zero-order chi connectivity index (χ0) is 8.39. The molecule has 4 heteroatoms. The minimum atomic E-state index is 0.796. The summed E-state index contributed by atoms with van der Waals surface area (Å²) in [4.78, 5) is 2.18. The molecule has 2 rings (SSSR count). The molecule has 1 aliphatic heterocycles. The van der Waals surface area contributed by atoms with Crippen molar-refractivity contribution in [3.05, 3.63) is 12.3 Å². The Balaban J connectivity index is 2.08. The van der Waals surface area contributed by atoms with Gasteiger partial charge in [0.1, 0.15) is 0 Å². The van der Waals surface area contributed by atoms with E-state index < -0.39 is 0 Å². The number of ether oxygens (including phenoxy) is 1. The van der Waals surface area contributed by atoms with Crippen LogP contribution in [0.3, 0.4) is 0 Å². The van der Waals surface area contributed by atoms with Crippen molar-refractivity contribution in [1.29, 1.82) is 0 Å². The highest BCUT2D eigenvalue weighted by atomic mass is 16.5. The van der Waals surface area contributed by atoms with Crippen LogP contribution in [0.25, 0.3) is 0 Å². The minimum Gasteiger partial charge on any atom is -0.378 e. The van der Waals surface area contributed by atoms with E-state index in [4.69, 9.17) is 4.74 Å². The summed E-state index contributed by atoms with van der Waals surface area (Å²) in [5, 5.41) is 4.27. The quantitative estimate of drug-likeness (QED) is 0.591. The van der Waals surface area contributed by atoms with Crippen LogP contribution in [0.2, 0.25) is 0 Å². The maximum atomic E-state index is 5.24. The van der Waals surface area contributed by atoms with Gasteiger partial charge in [-0.3, -0.25) is 4.68 Å². The van der Waals surface area contributed by atoms with Gasteiger partial charge in [0.25, 0.3) is 0 Å². The Morgan fingerprint density at radius 3 is 2.83 bits per heavy atom. The van der Waals surface area contributed by atoms with Crippen LogP contribution in [-0.4, -0.2) is 36.1 Å². The van der Waals surface area contributed by atoms with E-state index >= 15 is 0 Å². The molecule has 2 heterocycles. The molecule has 1 saturated heterocycles. The van der Waals surface area contributed by atoms with Crippen molar-refractivity contribution in [2.45, 2.75) is 0 Å². The third-order valence-electron chi connectivity index (χ3n) is 1.94. The van der Waals surface area contributed by atoms with Crippen LogP contribution in [0.5, 0.6) is 0 Å². The first-order valence-corrected chi connectivity index (χ1v) is 4.10. The number of aromatic nitrogens is 2. The molecule has 1 radical (unpaired) electrons. The summed E-state index contributed by atoms with van der Waals surface area (Å²) in [7, 11) is 1.90. The Kier molecular flexibility index (Phi) is 1.99. The zero-order valence-electron chi connectivity index (χ0n) is 7.16. The monoisotopic (exact) mass is 166 g/mol. The van der Waals surface area contributed by atoms with Crippen LogP contribution < -0.4 is 4.90 Å². The van der Waals surface area contributed by atoms with Crippen molar-refractivity contribution in [3.8, 4) is 0 Å². The smallest absolute Gasteiger partial charge is 0.158 e. The molecule has 0 unspecified atom stereocenters. The molecule has 0 saturated carbocycles. The second kappa shape index (κ2) is 3.15. The molecule has 0 N–H and O–H groups in total. The molecule has 0 spiro atoms. The predicted molar refractivity (Wildman–Crippen MR) is 45.1 cm³/mol. The van der Waals surface area contributed by atoms with E-state index in [9.17, 15) is 0 Å². The number of rotatable bonds is 1. The molecular weight excluding hydrogens is 154 g/mol. The average Bonchev–Trinajstić information content (AvgIpc) is 2.54. The van der Waals surface area contributed by atoms with Crippen LogP contribution in [0.4, 0.5) is 5.82 Å². The molecule has 1 aromatic heterocycles. The molecular formula is C8H12N3O. The van der Waals surface area contributed by atoms with Crippen LogP contribution in [0, 0.1) is 6.07 Å². The van der Waals surface area contributed by atoms with Gasteiger partial charge >= 0.3 is 0 Å². The van der Waals surface area contributed by atoms with Gasteiger partial charge in [0.15, 0.2) is 5.82 Å². The molecule has 1 fully saturated rings. The number of nitrogens with zero attached hydrogens (tertiary/aromatic N) is 3. The lowest BCUT2D eigenvalue weighted by atomic mass is 10.4. The van der Waals surface area contributed by atoms with Gasteiger partial charge in [0.2, 0.25) is 0 Å². The topological polar surface area (TPSA) is 30.3 Å². The number of hydrogen-bond acceptors (Lipinski definition) is 3. The predicted octanol–water partition coefficient (Wildman–Crippen LogP) is 0.0569. The Morgan fingerprint density at radius 2 is 2.25 bits per heavy atom. The fourth-order valence-corrected chi connectivity index (χ4v) is 1.29. The Hall–Kier alpha value is -1.03. The summed E-state index contributed by atoms with van der Waals surface area (Å²) >= 11 is 0. The third kappa shape index (κ3) is 1.43. The molecule has 0 atom stereocenters. The van der Waals surface area contributed by atoms with E-state index in [1.165, 1.54) is 0 Å². The average molecular weight is 166 g/mol. The fraction of sp³-hybridized carbons (Fsp3) is 0.625. The van der Waals surface area contributed by atoms with E-state index in [0.29, 0.717) is 0 Å². The molecule has 0 amide bonds. The van der Waals surface area contributed by atoms with Crippen molar-refractivity contribution in [2.24, 2.45) is 7.05 Å². The first kappa shape index (κ1) is 7.61. The van der Waals surface area contributed by atoms with Gasteiger partial charge in [-0.2, -0.15) is 5.10 Å². The standard InChI is InChI=1S/C8H12N3O/c1-10-3-2-8(9-10)11-4-6-12-7-5-11/h3H,4-7H2,1H3. The summed E-state index contributed by atoms with van der Waals surface area (Å²) < 4.78 is 7.01. The van der Waals surface area contributed by atoms with Crippen LogP contribution in [0.15, 0.2) is 6.20 Å². The van der Waals surface area contributed by atoms with Gasteiger partial charge in [0.05, 0.1) is 13.2 Å². The number of hydrogen-bond donors (Lipinski definition) is 0. The van der Waals surface area contributed by atoms with E-state index in [1.807, 2.05) is 13.2 Å². The molecule has 0 bridgehead atoms. The van der Waals surface area contributed by atoms with Gasteiger partial charge in [-0.05, 0) is 0 Å². The molecule has 1 aromatic rings. The molecule has 65 valence electrons. The first-order valence-electron chi connectivity index (χ1n) is 4.10. The lowest BCUT2D eigenvalue weighted by Crippen LogP contribution is -2.36. The zero-order valence-corrected chi connectivity index (χ0v) is 7.16. The van der Waals surface area contributed by atoms with Gasteiger partial charge in [-0.15, -0.1) is 0 Å². The second-order valence-corrected chi connectivity index (χ2v) is 2.87. The highest BCUT2D eigenvalue weighted by molar-refractivity contribution is 5.35. The van der Waals surface area contributed by atoms with Crippen LogP contribution in [0.1, 0.15) is 0 Å². The van der Waals surface area contributed by atoms with Crippen molar-refractivity contribution >= 4 is 5.82 Å². The summed E-state index contributed by atoms with van der Waals surface area (Å²) in [6.07, 6.45) is 1.84. The third-order valence-corrected chi connectivity index (χ3v) is 1.94. The minimum absolute atomic E-state index is 0.796. The van der Waals surface area contributed by atoms with E-state index in [-0.39, 0.29) is 0 Å². The van der Waals surface area contributed by atoms with Crippen LogP contribution >= 0.6 is 0 Å². The van der Waals surface area contributed by atoms with Gasteiger partial charge in [0, 0.05) is 32.4 Å². The van der Waals surface area contributed by atoms with Gasteiger partial charge < -0.3 is 9.64 Å². The molecule has 0 aliphatic carbocycles.